The highest BCUT2D eigenvalue weighted by atomic mass is 16.5. The summed E-state index contributed by atoms with van der Waals surface area (Å²) in [6.07, 6.45) is 3.53. The van der Waals surface area contributed by atoms with Crippen LogP contribution in [-0.2, 0) is 9.53 Å². The van der Waals surface area contributed by atoms with Crippen molar-refractivity contribution in [2.45, 2.75) is 18.9 Å². The lowest BCUT2D eigenvalue weighted by Crippen LogP contribution is -2.37. The first-order valence-electron chi connectivity index (χ1n) is 7.27. The van der Waals surface area contributed by atoms with Crippen LogP contribution in [0.25, 0.3) is 0 Å². The van der Waals surface area contributed by atoms with Crippen LogP contribution in [0.15, 0.2) is 18.3 Å². The van der Waals surface area contributed by atoms with Crippen molar-refractivity contribution in [2.24, 2.45) is 5.92 Å². The van der Waals surface area contributed by atoms with E-state index < -0.39 is 0 Å². The number of hydrogen-bond donors (Lipinski definition) is 1. The summed E-state index contributed by atoms with van der Waals surface area (Å²) in [6.45, 7) is 3.13. The molecule has 1 aromatic rings. The molecular weight excluding hydrogens is 268 g/mol. The molecule has 110 valence electrons. The third kappa shape index (κ3) is 2.98. The van der Waals surface area contributed by atoms with Crippen LogP contribution in [-0.4, -0.2) is 48.1 Å². The normalized spacial score (nSPS) is 25.6. The zero-order valence-corrected chi connectivity index (χ0v) is 11.8. The van der Waals surface area contributed by atoms with E-state index in [0.717, 1.165) is 32.5 Å². The van der Waals surface area contributed by atoms with E-state index >= 15 is 0 Å². The molecule has 6 nitrogen and oxygen atoms in total. The summed E-state index contributed by atoms with van der Waals surface area (Å²) in [6, 6.07) is 5.59. The van der Waals surface area contributed by atoms with Gasteiger partial charge in [-0.25, -0.2) is 4.98 Å². The lowest BCUT2D eigenvalue weighted by Gasteiger charge is -2.20. The van der Waals surface area contributed by atoms with Gasteiger partial charge >= 0.3 is 5.97 Å². The average Bonchev–Trinajstić information content (AvgIpc) is 3.14. The van der Waals surface area contributed by atoms with Crippen molar-refractivity contribution < 1.29 is 9.53 Å². The quantitative estimate of drug-likeness (QED) is 0.832. The summed E-state index contributed by atoms with van der Waals surface area (Å²) in [5.41, 5.74) is 0.562. The number of pyridine rings is 1. The number of hydrogen-bond acceptors (Lipinski definition) is 6. The van der Waals surface area contributed by atoms with Gasteiger partial charge in [0.25, 0.3) is 0 Å². The molecule has 0 amide bonds. The van der Waals surface area contributed by atoms with E-state index in [1.807, 2.05) is 0 Å². The van der Waals surface area contributed by atoms with Crippen LogP contribution in [0, 0.1) is 17.2 Å². The standard InChI is InChI=1S/C15H18N4O2/c16-8-12-2-1-5-17-14(12)18-9-11-3-6-19(10-11)13-4-7-21-15(13)20/h1-2,5,11,13H,3-4,6-7,9-10H2,(H,17,18)/t11-,13-/m0/s1. The Morgan fingerprint density at radius 1 is 1.52 bits per heavy atom. The number of rotatable bonds is 4. The Balaban J connectivity index is 1.53. The Hall–Kier alpha value is -2.13. The second kappa shape index (κ2) is 6.10. The van der Waals surface area contributed by atoms with Gasteiger partial charge in [0.05, 0.1) is 12.2 Å². The smallest absolute Gasteiger partial charge is 0.323 e. The molecule has 0 spiro atoms. The predicted molar refractivity (Wildman–Crippen MR) is 76.5 cm³/mol. The monoisotopic (exact) mass is 286 g/mol. The third-order valence-corrected chi connectivity index (χ3v) is 4.15. The first kappa shape index (κ1) is 13.8. The second-order valence-corrected chi connectivity index (χ2v) is 5.51. The van der Waals surface area contributed by atoms with Crippen LogP contribution in [0.2, 0.25) is 0 Å². The molecule has 2 saturated heterocycles. The van der Waals surface area contributed by atoms with Gasteiger partial charge < -0.3 is 10.1 Å². The van der Waals surface area contributed by atoms with Crippen molar-refractivity contribution in [1.82, 2.24) is 9.88 Å². The first-order chi connectivity index (χ1) is 10.3. The number of nitrogens with one attached hydrogen (secondary N) is 1. The minimum absolute atomic E-state index is 0.0560. The fraction of sp³-hybridized carbons (Fsp3) is 0.533. The summed E-state index contributed by atoms with van der Waals surface area (Å²) in [7, 11) is 0. The van der Waals surface area contributed by atoms with Crippen molar-refractivity contribution >= 4 is 11.8 Å². The van der Waals surface area contributed by atoms with Crippen LogP contribution < -0.4 is 5.32 Å². The number of ether oxygens (including phenoxy) is 1. The number of nitrogens with zero attached hydrogens (tertiary/aromatic N) is 3. The van der Waals surface area contributed by atoms with E-state index in [1.165, 1.54) is 0 Å². The number of nitriles is 1. The van der Waals surface area contributed by atoms with Gasteiger partial charge in [-0.3, -0.25) is 9.69 Å². The van der Waals surface area contributed by atoms with E-state index in [1.54, 1.807) is 18.3 Å². The maximum atomic E-state index is 11.6. The zero-order chi connectivity index (χ0) is 14.7. The van der Waals surface area contributed by atoms with Crippen LogP contribution in [0.3, 0.4) is 0 Å². The van der Waals surface area contributed by atoms with Gasteiger partial charge in [-0.1, -0.05) is 0 Å². The maximum absolute atomic E-state index is 11.6. The Morgan fingerprint density at radius 2 is 2.43 bits per heavy atom. The molecule has 1 N–H and O–H groups in total. The van der Waals surface area contributed by atoms with Crippen molar-refractivity contribution in [1.29, 1.82) is 5.26 Å². The molecule has 2 aliphatic heterocycles. The lowest BCUT2D eigenvalue weighted by molar-refractivity contribution is -0.142. The number of anilines is 1. The SMILES string of the molecule is N#Cc1cccnc1NC[C@@H]1CCN([C@H]2CCOC2=O)C1. The van der Waals surface area contributed by atoms with E-state index in [4.69, 9.17) is 10.00 Å². The average molecular weight is 286 g/mol. The molecule has 6 heteroatoms. The van der Waals surface area contributed by atoms with Gasteiger partial charge in [-0.2, -0.15) is 5.26 Å². The fourth-order valence-corrected chi connectivity index (χ4v) is 3.01. The number of cyclic esters (lactones) is 1. The van der Waals surface area contributed by atoms with Crippen LogP contribution in [0.1, 0.15) is 18.4 Å². The lowest BCUT2D eigenvalue weighted by atomic mass is 10.1. The zero-order valence-electron chi connectivity index (χ0n) is 11.8. The Morgan fingerprint density at radius 3 is 3.19 bits per heavy atom. The Labute approximate surface area is 123 Å². The molecule has 0 aliphatic carbocycles. The summed E-state index contributed by atoms with van der Waals surface area (Å²) in [5.74, 6) is 1.02. The Bertz CT molecular complexity index is 569. The minimum atomic E-state index is -0.0832. The molecule has 0 saturated carbocycles. The molecule has 0 radical (unpaired) electrons. The van der Waals surface area contributed by atoms with Crippen molar-refractivity contribution in [3.63, 3.8) is 0 Å². The number of likely N-dealkylation sites (tertiary alicyclic amines) is 1. The van der Waals surface area contributed by atoms with Gasteiger partial charge in [-0.15, -0.1) is 0 Å². The van der Waals surface area contributed by atoms with Crippen molar-refractivity contribution in [2.75, 3.05) is 31.6 Å². The molecule has 1 aromatic heterocycles. The topological polar surface area (TPSA) is 78.2 Å². The molecule has 0 aromatic carbocycles. The third-order valence-electron chi connectivity index (χ3n) is 4.15. The molecular formula is C15H18N4O2. The van der Waals surface area contributed by atoms with Gasteiger partial charge in [0, 0.05) is 25.7 Å². The van der Waals surface area contributed by atoms with Gasteiger partial charge in [-0.05, 0) is 31.0 Å². The molecule has 3 rings (SSSR count). The van der Waals surface area contributed by atoms with E-state index in [9.17, 15) is 4.79 Å². The molecule has 3 heterocycles. The van der Waals surface area contributed by atoms with Crippen molar-refractivity contribution in [3.05, 3.63) is 23.9 Å². The highest BCUT2D eigenvalue weighted by molar-refractivity contribution is 5.77. The number of carbonyl (C=O) groups is 1. The molecule has 2 fully saturated rings. The summed E-state index contributed by atoms with van der Waals surface area (Å²) in [5, 5.41) is 12.3. The van der Waals surface area contributed by atoms with Crippen LogP contribution in [0.4, 0.5) is 5.82 Å². The highest BCUT2D eigenvalue weighted by Gasteiger charge is 2.36. The largest absolute Gasteiger partial charge is 0.464 e. The second-order valence-electron chi connectivity index (χ2n) is 5.51. The van der Waals surface area contributed by atoms with E-state index in [0.29, 0.717) is 23.9 Å². The molecule has 0 bridgehead atoms. The first-order valence-corrected chi connectivity index (χ1v) is 7.27. The Kier molecular flexibility index (Phi) is 4.02. The van der Waals surface area contributed by atoms with E-state index in [-0.39, 0.29) is 12.0 Å². The summed E-state index contributed by atoms with van der Waals surface area (Å²) >= 11 is 0. The van der Waals surface area contributed by atoms with Crippen LogP contribution in [0.5, 0.6) is 0 Å². The maximum Gasteiger partial charge on any atom is 0.323 e. The molecule has 2 aliphatic rings. The summed E-state index contributed by atoms with van der Waals surface area (Å²) in [4.78, 5) is 18.0. The molecule has 0 unspecified atom stereocenters. The minimum Gasteiger partial charge on any atom is -0.464 e. The van der Waals surface area contributed by atoms with Gasteiger partial charge in [0.2, 0.25) is 0 Å². The summed E-state index contributed by atoms with van der Waals surface area (Å²) < 4.78 is 5.03. The molecule has 2 atom stereocenters. The number of carbonyl (C=O) groups excluding carboxylic acids is 1. The van der Waals surface area contributed by atoms with Gasteiger partial charge in [0.1, 0.15) is 17.9 Å². The predicted octanol–water partition coefficient (Wildman–Crippen LogP) is 1.00. The van der Waals surface area contributed by atoms with E-state index in [2.05, 4.69) is 21.3 Å². The molecule has 21 heavy (non-hydrogen) atoms. The fourth-order valence-electron chi connectivity index (χ4n) is 3.01. The van der Waals surface area contributed by atoms with Crippen molar-refractivity contribution in [3.8, 4) is 6.07 Å². The van der Waals surface area contributed by atoms with Crippen LogP contribution >= 0.6 is 0 Å². The number of aromatic nitrogens is 1. The highest BCUT2D eigenvalue weighted by Crippen LogP contribution is 2.24. The number of esters is 1. The van der Waals surface area contributed by atoms with Gasteiger partial charge in [0.15, 0.2) is 0 Å².